The van der Waals surface area contributed by atoms with Crippen LogP contribution in [0, 0.1) is 6.92 Å². The summed E-state index contributed by atoms with van der Waals surface area (Å²) >= 11 is 0. The Balaban J connectivity index is 1.80. The Hall–Kier alpha value is -3.43. The van der Waals surface area contributed by atoms with Crippen molar-refractivity contribution in [1.82, 2.24) is 19.7 Å². The second-order valence-electron chi connectivity index (χ2n) is 11.9. The standard InChI is InChI=1S/C28H37FN4O5/c1-16-22-23(31-33(16)26(36)38-28(5,6)7)20-12-17-10-8-9-11-18(17)13-21(20)32(24(22)34)15-19(29)14-30-25(35)37-27(2,3)4/h12-13,19H,8-11,14-15H2,1-7H3,(H,30,35). The summed E-state index contributed by atoms with van der Waals surface area (Å²) in [5.41, 5.74) is 1.66. The maximum Gasteiger partial charge on any atom is 0.435 e. The van der Waals surface area contributed by atoms with Crippen molar-refractivity contribution >= 4 is 34.0 Å². The number of halogens is 1. The molecular formula is C28H37FN4O5. The van der Waals surface area contributed by atoms with E-state index in [1.54, 1.807) is 48.5 Å². The van der Waals surface area contributed by atoms with Gasteiger partial charge in [-0.1, -0.05) is 0 Å². The van der Waals surface area contributed by atoms with Gasteiger partial charge in [0.1, 0.15) is 22.9 Å². The number of ether oxygens (including phenoxy) is 2. The third-order valence-electron chi connectivity index (χ3n) is 6.40. The van der Waals surface area contributed by atoms with Crippen LogP contribution in [0.5, 0.6) is 0 Å². The first-order chi connectivity index (χ1) is 17.6. The van der Waals surface area contributed by atoms with Crippen molar-refractivity contribution in [2.24, 2.45) is 0 Å². The molecule has 2 aromatic heterocycles. The first kappa shape index (κ1) is 27.6. The topological polar surface area (TPSA) is 104 Å². The van der Waals surface area contributed by atoms with Crippen molar-refractivity contribution in [3.8, 4) is 0 Å². The summed E-state index contributed by atoms with van der Waals surface area (Å²) in [5, 5.41) is 7.87. The highest BCUT2D eigenvalue weighted by molar-refractivity contribution is 6.05. The molecule has 9 nitrogen and oxygen atoms in total. The van der Waals surface area contributed by atoms with E-state index in [1.165, 1.54) is 10.1 Å². The molecule has 1 N–H and O–H groups in total. The molecule has 0 radical (unpaired) electrons. The van der Waals surface area contributed by atoms with Gasteiger partial charge in [-0.3, -0.25) is 4.79 Å². The van der Waals surface area contributed by atoms with Gasteiger partial charge < -0.3 is 19.4 Å². The van der Waals surface area contributed by atoms with E-state index in [2.05, 4.69) is 10.4 Å². The number of benzene rings is 1. The summed E-state index contributed by atoms with van der Waals surface area (Å²) in [7, 11) is 0. The normalized spacial score (nSPS) is 14.8. The molecule has 0 aliphatic heterocycles. The lowest BCUT2D eigenvalue weighted by Crippen LogP contribution is -2.38. The summed E-state index contributed by atoms with van der Waals surface area (Å²) in [6.07, 6.45) is 0.923. The predicted molar refractivity (Wildman–Crippen MR) is 144 cm³/mol. The Bertz CT molecular complexity index is 1460. The number of rotatable bonds is 4. The summed E-state index contributed by atoms with van der Waals surface area (Å²) in [6.45, 7) is 11.5. The van der Waals surface area contributed by atoms with E-state index in [4.69, 9.17) is 9.47 Å². The van der Waals surface area contributed by atoms with Gasteiger partial charge in [0.15, 0.2) is 0 Å². The van der Waals surface area contributed by atoms with Crippen molar-refractivity contribution in [1.29, 1.82) is 0 Å². The molecule has 10 heteroatoms. The Morgan fingerprint density at radius 2 is 1.66 bits per heavy atom. The molecule has 1 unspecified atom stereocenters. The number of nitrogens with one attached hydrogen (secondary N) is 1. The lowest BCUT2D eigenvalue weighted by Gasteiger charge is -2.21. The monoisotopic (exact) mass is 528 g/mol. The first-order valence-corrected chi connectivity index (χ1v) is 13.1. The third-order valence-corrected chi connectivity index (χ3v) is 6.40. The quantitative estimate of drug-likeness (QED) is 0.500. The van der Waals surface area contributed by atoms with E-state index in [9.17, 15) is 14.4 Å². The highest BCUT2D eigenvalue weighted by Crippen LogP contribution is 2.31. The van der Waals surface area contributed by atoms with Crippen LogP contribution in [0.3, 0.4) is 0 Å². The number of pyridine rings is 1. The SMILES string of the molecule is Cc1c2c(=O)n(CC(F)CNC(=O)OC(C)(C)C)c3cc4c(cc3c2nn1C(=O)OC(C)(C)C)CCCC4. The van der Waals surface area contributed by atoms with Crippen LogP contribution < -0.4 is 10.9 Å². The Labute approximate surface area is 221 Å². The lowest BCUT2D eigenvalue weighted by atomic mass is 9.90. The highest BCUT2D eigenvalue weighted by atomic mass is 19.1. The highest BCUT2D eigenvalue weighted by Gasteiger charge is 2.26. The number of hydrogen-bond donors (Lipinski definition) is 1. The molecule has 0 bridgehead atoms. The minimum Gasteiger partial charge on any atom is -0.444 e. The molecular weight excluding hydrogens is 491 g/mol. The van der Waals surface area contributed by atoms with Crippen LogP contribution in [-0.4, -0.2) is 50.5 Å². The maximum atomic E-state index is 15.2. The molecule has 2 heterocycles. The van der Waals surface area contributed by atoms with Crippen molar-refractivity contribution in [3.63, 3.8) is 0 Å². The van der Waals surface area contributed by atoms with Gasteiger partial charge >= 0.3 is 12.2 Å². The van der Waals surface area contributed by atoms with Crippen molar-refractivity contribution in [2.45, 2.75) is 98.1 Å². The molecule has 38 heavy (non-hydrogen) atoms. The molecule has 1 aliphatic rings. The number of nitrogens with zero attached hydrogens (tertiary/aromatic N) is 3. The van der Waals surface area contributed by atoms with Crippen LogP contribution >= 0.6 is 0 Å². The zero-order valence-corrected chi connectivity index (χ0v) is 23.2. The van der Waals surface area contributed by atoms with E-state index < -0.39 is 35.1 Å². The largest absolute Gasteiger partial charge is 0.444 e. The van der Waals surface area contributed by atoms with Crippen molar-refractivity contribution in [3.05, 3.63) is 39.3 Å². The lowest BCUT2D eigenvalue weighted by molar-refractivity contribution is 0.0501. The molecule has 1 atom stereocenters. The van der Waals surface area contributed by atoms with E-state index >= 15 is 4.39 Å². The average molecular weight is 529 g/mol. The zero-order valence-electron chi connectivity index (χ0n) is 23.2. The smallest absolute Gasteiger partial charge is 0.435 e. The number of alkyl halides is 1. The zero-order chi connectivity index (χ0) is 28.0. The fraction of sp³-hybridized carbons (Fsp3) is 0.571. The average Bonchev–Trinajstić information content (AvgIpc) is 3.15. The molecule has 0 spiro atoms. The Morgan fingerprint density at radius 3 is 2.26 bits per heavy atom. The van der Waals surface area contributed by atoms with Crippen molar-refractivity contribution in [2.75, 3.05) is 6.54 Å². The Kier molecular flexibility index (Phi) is 7.29. The fourth-order valence-corrected chi connectivity index (χ4v) is 4.81. The van der Waals surface area contributed by atoms with E-state index in [0.717, 1.165) is 35.9 Å². The van der Waals surface area contributed by atoms with Crippen LogP contribution in [0.1, 0.15) is 71.2 Å². The number of fused-ring (bicyclic) bond motifs is 4. The molecule has 1 amide bonds. The number of alkyl carbamates (subject to hydrolysis) is 1. The second-order valence-corrected chi connectivity index (χ2v) is 11.9. The van der Waals surface area contributed by atoms with Gasteiger partial charge in [-0.2, -0.15) is 9.78 Å². The summed E-state index contributed by atoms with van der Waals surface area (Å²) in [6, 6.07) is 3.96. The number of carbonyl (C=O) groups excluding carboxylic acids is 2. The van der Waals surface area contributed by atoms with Crippen molar-refractivity contribution < 1.29 is 23.5 Å². The minimum atomic E-state index is -1.56. The second kappa shape index (κ2) is 10.0. The predicted octanol–water partition coefficient (Wildman–Crippen LogP) is 5.18. The number of amides is 1. The van der Waals surface area contributed by atoms with Gasteiger partial charge in [-0.25, -0.2) is 14.0 Å². The summed E-state index contributed by atoms with van der Waals surface area (Å²) in [5.74, 6) is 0. The minimum absolute atomic E-state index is 0.242. The molecule has 1 aliphatic carbocycles. The van der Waals surface area contributed by atoms with Crippen LogP contribution in [-0.2, 0) is 28.9 Å². The van der Waals surface area contributed by atoms with Gasteiger partial charge in [-0.15, -0.1) is 0 Å². The van der Waals surface area contributed by atoms with Crippen LogP contribution in [0.15, 0.2) is 16.9 Å². The first-order valence-electron chi connectivity index (χ1n) is 13.1. The van der Waals surface area contributed by atoms with Gasteiger partial charge in [0.2, 0.25) is 0 Å². The van der Waals surface area contributed by atoms with Crippen LogP contribution in [0.25, 0.3) is 21.8 Å². The number of carbonyl (C=O) groups is 2. The van der Waals surface area contributed by atoms with Crippen LogP contribution in [0.2, 0.25) is 0 Å². The molecule has 4 rings (SSSR count). The molecule has 3 aromatic rings. The maximum absolute atomic E-state index is 15.2. The molecule has 0 fully saturated rings. The number of aryl methyl sites for hydroxylation is 3. The van der Waals surface area contributed by atoms with E-state index in [-0.39, 0.29) is 18.5 Å². The molecule has 1 aromatic carbocycles. The molecule has 0 saturated carbocycles. The fourth-order valence-electron chi connectivity index (χ4n) is 4.81. The third kappa shape index (κ3) is 5.84. The van der Waals surface area contributed by atoms with E-state index in [0.29, 0.717) is 22.1 Å². The van der Waals surface area contributed by atoms with Gasteiger partial charge in [0.05, 0.1) is 29.7 Å². The molecule has 206 valence electrons. The van der Waals surface area contributed by atoms with Gasteiger partial charge in [0, 0.05) is 5.39 Å². The summed E-state index contributed by atoms with van der Waals surface area (Å²) < 4.78 is 28.4. The molecule has 0 saturated heterocycles. The number of hydrogen-bond acceptors (Lipinski definition) is 6. The van der Waals surface area contributed by atoms with E-state index in [1.807, 2.05) is 12.1 Å². The van der Waals surface area contributed by atoms with Gasteiger partial charge in [-0.05, 0) is 97.4 Å². The van der Waals surface area contributed by atoms with Crippen LogP contribution in [0.4, 0.5) is 14.0 Å². The number of aromatic nitrogens is 3. The summed E-state index contributed by atoms with van der Waals surface area (Å²) in [4.78, 5) is 38.7. The van der Waals surface area contributed by atoms with Gasteiger partial charge in [0.25, 0.3) is 5.56 Å². The Morgan fingerprint density at radius 1 is 1.05 bits per heavy atom.